The van der Waals surface area contributed by atoms with E-state index in [-0.39, 0.29) is 5.92 Å². The number of allylic oxidation sites excluding steroid dienone is 4. The van der Waals surface area contributed by atoms with Crippen LogP contribution in [0.1, 0.15) is 22.6 Å². The highest BCUT2D eigenvalue weighted by atomic mass is 14.3. The highest BCUT2D eigenvalue weighted by Gasteiger charge is 2.28. The van der Waals surface area contributed by atoms with Crippen LogP contribution in [0.3, 0.4) is 0 Å². The molecule has 0 N–H and O–H groups in total. The van der Waals surface area contributed by atoms with E-state index in [0.717, 1.165) is 0 Å². The average Bonchev–Trinajstić information content (AvgIpc) is 2.81. The SMILES string of the molecule is C=CC1=C(C=C)C(c2ccccc2)c2ccccc21. The molecule has 1 aliphatic rings. The maximum atomic E-state index is 3.99. The van der Waals surface area contributed by atoms with E-state index in [2.05, 4.69) is 67.8 Å². The number of hydrogen-bond donors (Lipinski definition) is 0. The second-order valence-electron chi connectivity index (χ2n) is 4.71. The van der Waals surface area contributed by atoms with E-state index < -0.39 is 0 Å². The first kappa shape index (κ1) is 11.7. The largest absolute Gasteiger partial charge is 0.0987 e. The number of benzene rings is 2. The van der Waals surface area contributed by atoms with Crippen LogP contribution < -0.4 is 0 Å². The predicted molar refractivity (Wildman–Crippen MR) is 82.0 cm³/mol. The Morgan fingerprint density at radius 2 is 1.47 bits per heavy atom. The lowest BCUT2D eigenvalue weighted by atomic mass is 9.88. The van der Waals surface area contributed by atoms with Gasteiger partial charge in [0.05, 0.1) is 0 Å². The van der Waals surface area contributed by atoms with Crippen molar-refractivity contribution in [3.63, 3.8) is 0 Å². The zero-order valence-electron chi connectivity index (χ0n) is 10.8. The van der Waals surface area contributed by atoms with Crippen molar-refractivity contribution in [2.45, 2.75) is 5.92 Å². The third-order valence-electron chi connectivity index (χ3n) is 3.74. The lowest BCUT2D eigenvalue weighted by Gasteiger charge is -2.15. The van der Waals surface area contributed by atoms with Gasteiger partial charge in [-0.15, -0.1) is 0 Å². The molecule has 0 nitrogen and oxygen atoms in total. The fourth-order valence-corrected chi connectivity index (χ4v) is 2.93. The van der Waals surface area contributed by atoms with E-state index in [0.29, 0.717) is 0 Å². The summed E-state index contributed by atoms with van der Waals surface area (Å²) in [5.41, 5.74) is 6.39. The highest BCUT2D eigenvalue weighted by Crippen LogP contribution is 2.46. The molecule has 0 saturated carbocycles. The van der Waals surface area contributed by atoms with Crippen LogP contribution in [0.2, 0.25) is 0 Å². The molecule has 0 radical (unpaired) electrons. The van der Waals surface area contributed by atoms with Crippen molar-refractivity contribution in [1.29, 1.82) is 0 Å². The summed E-state index contributed by atoms with van der Waals surface area (Å²) in [5.74, 6) is 0.280. The lowest BCUT2D eigenvalue weighted by Crippen LogP contribution is -1.99. The number of fused-ring (bicyclic) bond motifs is 1. The summed E-state index contributed by atoms with van der Waals surface area (Å²) in [5, 5.41) is 0. The van der Waals surface area contributed by atoms with E-state index in [1.807, 2.05) is 12.2 Å². The van der Waals surface area contributed by atoms with Gasteiger partial charge in [-0.25, -0.2) is 0 Å². The first-order valence-electron chi connectivity index (χ1n) is 6.50. The van der Waals surface area contributed by atoms with E-state index in [1.165, 1.54) is 27.8 Å². The molecule has 0 aliphatic heterocycles. The van der Waals surface area contributed by atoms with Gasteiger partial charge in [-0.1, -0.05) is 79.9 Å². The standard InChI is InChI=1S/C19H16/c1-3-15-16(4-2)19(14-10-6-5-7-11-14)18-13-9-8-12-17(15)18/h3-13,19H,1-2H2. The lowest BCUT2D eigenvalue weighted by molar-refractivity contribution is 1.01. The Hall–Kier alpha value is -2.34. The molecule has 3 rings (SSSR count). The number of hydrogen-bond acceptors (Lipinski definition) is 0. The van der Waals surface area contributed by atoms with Crippen LogP contribution in [0.5, 0.6) is 0 Å². The van der Waals surface area contributed by atoms with Gasteiger partial charge >= 0.3 is 0 Å². The molecule has 2 aromatic carbocycles. The molecule has 0 heterocycles. The smallest absolute Gasteiger partial charge is 0.0352 e. The Labute approximate surface area is 114 Å². The Bertz CT molecular complexity index is 659. The Morgan fingerprint density at radius 3 is 2.16 bits per heavy atom. The van der Waals surface area contributed by atoms with Gasteiger partial charge in [0.25, 0.3) is 0 Å². The number of rotatable bonds is 3. The molecular formula is C19H16. The van der Waals surface area contributed by atoms with Gasteiger partial charge in [0, 0.05) is 5.92 Å². The minimum atomic E-state index is 0.280. The van der Waals surface area contributed by atoms with Crippen LogP contribution in [-0.4, -0.2) is 0 Å². The minimum Gasteiger partial charge on any atom is -0.0987 e. The maximum Gasteiger partial charge on any atom is 0.0352 e. The van der Waals surface area contributed by atoms with Crippen molar-refractivity contribution < 1.29 is 0 Å². The molecule has 0 heteroatoms. The van der Waals surface area contributed by atoms with Crippen molar-refractivity contribution in [2.24, 2.45) is 0 Å². The van der Waals surface area contributed by atoms with Crippen molar-refractivity contribution in [1.82, 2.24) is 0 Å². The molecule has 92 valence electrons. The fourth-order valence-electron chi connectivity index (χ4n) is 2.93. The van der Waals surface area contributed by atoms with Crippen molar-refractivity contribution in [3.8, 4) is 0 Å². The van der Waals surface area contributed by atoms with Gasteiger partial charge in [0.1, 0.15) is 0 Å². The monoisotopic (exact) mass is 244 g/mol. The summed E-state index contributed by atoms with van der Waals surface area (Å²) in [7, 11) is 0. The molecule has 2 aromatic rings. The van der Waals surface area contributed by atoms with Crippen LogP contribution in [0.4, 0.5) is 0 Å². The van der Waals surface area contributed by atoms with E-state index in [4.69, 9.17) is 0 Å². The summed E-state index contributed by atoms with van der Waals surface area (Å²) in [6.45, 7) is 7.96. The maximum absolute atomic E-state index is 3.99. The molecule has 0 fully saturated rings. The molecule has 1 aliphatic carbocycles. The predicted octanol–water partition coefficient (Wildman–Crippen LogP) is 4.96. The third kappa shape index (κ3) is 1.77. The Balaban J connectivity index is 2.26. The summed E-state index contributed by atoms with van der Waals surface area (Å²) in [4.78, 5) is 0. The van der Waals surface area contributed by atoms with Crippen LogP contribution >= 0.6 is 0 Å². The molecule has 0 amide bonds. The van der Waals surface area contributed by atoms with Crippen LogP contribution in [-0.2, 0) is 0 Å². The van der Waals surface area contributed by atoms with Gasteiger partial charge in [-0.05, 0) is 27.8 Å². The van der Waals surface area contributed by atoms with Gasteiger partial charge < -0.3 is 0 Å². The van der Waals surface area contributed by atoms with Crippen LogP contribution in [0.15, 0.2) is 85.5 Å². The summed E-state index contributed by atoms with van der Waals surface area (Å²) < 4.78 is 0. The van der Waals surface area contributed by atoms with Gasteiger partial charge in [-0.3, -0.25) is 0 Å². The molecule has 1 unspecified atom stereocenters. The molecule has 0 saturated heterocycles. The molecule has 0 bridgehead atoms. The minimum absolute atomic E-state index is 0.280. The topological polar surface area (TPSA) is 0 Å². The second-order valence-corrected chi connectivity index (χ2v) is 4.71. The van der Waals surface area contributed by atoms with E-state index >= 15 is 0 Å². The highest BCUT2D eigenvalue weighted by molar-refractivity contribution is 5.87. The quantitative estimate of drug-likeness (QED) is 0.716. The zero-order chi connectivity index (χ0) is 13.2. The molecular weight excluding hydrogens is 228 g/mol. The van der Waals surface area contributed by atoms with Crippen molar-refractivity contribution in [3.05, 3.63) is 102 Å². The molecule has 19 heavy (non-hydrogen) atoms. The van der Waals surface area contributed by atoms with E-state index in [9.17, 15) is 0 Å². The second kappa shape index (κ2) is 4.74. The van der Waals surface area contributed by atoms with Crippen LogP contribution in [0, 0.1) is 0 Å². The zero-order valence-corrected chi connectivity index (χ0v) is 10.8. The third-order valence-corrected chi connectivity index (χ3v) is 3.74. The van der Waals surface area contributed by atoms with Gasteiger partial charge in [-0.2, -0.15) is 0 Å². The van der Waals surface area contributed by atoms with Gasteiger partial charge in [0.15, 0.2) is 0 Å². The summed E-state index contributed by atoms with van der Waals surface area (Å²) in [6.07, 6.45) is 3.91. The normalized spacial score (nSPS) is 17.2. The van der Waals surface area contributed by atoms with Gasteiger partial charge in [0.2, 0.25) is 0 Å². The Kier molecular flexibility index (Phi) is 2.92. The summed E-state index contributed by atoms with van der Waals surface area (Å²) >= 11 is 0. The average molecular weight is 244 g/mol. The first-order chi connectivity index (χ1) is 9.36. The van der Waals surface area contributed by atoms with Crippen LogP contribution in [0.25, 0.3) is 5.57 Å². The Morgan fingerprint density at radius 1 is 0.789 bits per heavy atom. The molecule has 1 atom stereocenters. The first-order valence-corrected chi connectivity index (χ1v) is 6.50. The fraction of sp³-hybridized carbons (Fsp3) is 0.0526. The van der Waals surface area contributed by atoms with Crippen molar-refractivity contribution >= 4 is 5.57 Å². The van der Waals surface area contributed by atoms with E-state index in [1.54, 1.807) is 0 Å². The summed E-state index contributed by atoms with van der Waals surface area (Å²) in [6, 6.07) is 19.1. The van der Waals surface area contributed by atoms with Crippen molar-refractivity contribution in [2.75, 3.05) is 0 Å². The molecule has 0 aromatic heterocycles. The molecule has 0 spiro atoms.